The van der Waals surface area contributed by atoms with Gasteiger partial charge in [0, 0.05) is 32.7 Å². The van der Waals surface area contributed by atoms with E-state index in [1.165, 1.54) is 5.56 Å². The van der Waals surface area contributed by atoms with Crippen LogP contribution in [0, 0.1) is 0 Å². The maximum atomic E-state index is 11.7. The van der Waals surface area contributed by atoms with Crippen molar-refractivity contribution in [3.63, 3.8) is 0 Å². The molecule has 116 valence electrons. The molecule has 1 rings (SSSR count). The molecule has 1 N–H and O–H groups in total. The second kappa shape index (κ2) is 9.19. The Morgan fingerprint density at radius 3 is 2.52 bits per heavy atom. The van der Waals surface area contributed by atoms with Gasteiger partial charge < -0.3 is 15.0 Å². The Hall–Kier alpha value is -1.81. The van der Waals surface area contributed by atoms with E-state index >= 15 is 0 Å². The van der Waals surface area contributed by atoms with Crippen molar-refractivity contribution in [2.24, 2.45) is 0 Å². The first-order valence-electron chi connectivity index (χ1n) is 7.24. The van der Waals surface area contributed by atoms with Crippen molar-refractivity contribution < 1.29 is 9.53 Å². The maximum Gasteiger partial charge on any atom is 0.220 e. The smallest absolute Gasteiger partial charge is 0.220 e. The average molecular weight is 290 g/mol. The Morgan fingerprint density at radius 2 is 1.95 bits per heavy atom. The van der Waals surface area contributed by atoms with Crippen molar-refractivity contribution >= 4 is 11.6 Å². The zero-order valence-electron chi connectivity index (χ0n) is 13.3. The number of nitrogens with one attached hydrogen (secondary N) is 1. The molecule has 0 spiro atoms. The number of benzene rings is 1. The van der Waals surface area contributed by atoms with E-state index in [-0.39, 0.29) is 5.91 Å². The molecule has 0 fully saturated rings. The number of carbonyl (C=O) groups excluding carboxylic acids is 1. The molecule has 1 aromatic carbocycles. The molecule has 0 aliphatic heterocycles. The molecule has 1 aromatic rings. The molecule has 1 amide bonds. The van der Waals surface area contributed by atoms with Gasteiger partial charge in [0.2, 0.25) is 5.91 Å². The van der Waals surface area contributed by atoms with Crippen LogP contribution in [0.4, 0.5) is 5.69 Å². The SMILES string of the molecule is C=C(C)COCCNC(=O)CCc1ccc(N(C)C)cc1. The molecule has 0 aliphatic rings. The van der Waals surface area contributed by atoms with E-state index in [4.69, 9.17) is 4.74 Å². The molecule has 0 radical (unpaired) electrons. The van der Waals surface area contributed by atoms with Crippen molar-refractivity contribution in [1.29, 1.82) is 0 Å². The van der Waals surface area contributed by atoms with Crippen molar-refractivity contribution in [2.75, 3.05) is 38.8 Å². The number of nitrogens with zero attached hydrogens (tertiary/aromatic N) is 1. The average Bonchev–Trinajstić information content (AvgIpc) is 2.44. The van der Waals surface area contributed by atoms with Crippen molar-refractivity contribution in [3.8, 4) is 0 Å². The first kappa shape index (κ1) is 17.2. The van der Waals surface area contributed by atoms with Crippen LogP contribution in [0.15, 0.2) is 36.4 Å². The van der Waals surface area contributed by atoms with Crippen LogP contribution in [0.25, 0.3) is 0 Å². The van der Waals surface area contributed by atoms with E-state index in [1.54, 1.807) is 0 Å². The highest BCUT2D eigenvalue weighted by Gasteiger charge is 2.02. The Bertz CT molecular complexity index is 452. The van der Waals surface area contributed by atoms with Gasteiger partial charge in [-0.3, -0.25) is 4.79 Å². The quantitative estimate of drug-likeness (QED) is 0.561. The summed E-state index contributed by atoms with van der Waals surface area (Å²) in [6.07, 6.45) is 1.26. The van der Waals surface area contributed by atoms with Gasteiger partial charge in [-0.25, -0.2) is 0 Å². The number of aryl methyl sites for hydroxylation is 1. The lowest BCUT2D eigenvalue weighted by molar-refractivity contribution is -0.121. The normalized spacial score (nSPS) is 10.2. The lowest BCUT2D eigenvalue weighted by Gasteiger charge is -2.12. The second-order valence-corrected chi connectivity index (χ2v) is 5.42. The molecule has 4 heteroatoms. The molecule has 21 heavy (non-hydrogen) atoms. The number of ether oxygens (including phenoxy) is 1. The van der Waals surface area contributed by atoms with Gasteiger partial charge in [0.25, 0.3) is 0 Å². The van der Waals surface area contributed by atoms with Crippen LogP contribution >= 0.6 is 0 Å². The monoisotopic (exact) mass is 290 g/mol. The number of hydrogen-bond acceptors (Lipinski definition) is 3. The summed E-state index contributed by atoms with van der Waals surface area (Å²) in [5, 5.41) is 2.85. The Kier molecular flexibility index (Phi) is 7.54. The Balaban J connectivity index is 2.19. The minimum atomic E-state index is 0.0608. The zero-order valence-corrected chi connectivity index (χ0v) is 13.3. The van der Waals surface area contributed by atoms with Crippen LogP contribution in [0.2, 0.25) is 0 Å². The van der Waals surface area contributed by atoms with Crippen molar-refractivity contribution in [1.82, 2.24) is 5.32 Å². The van der Waals surface area contributed by atoms with Crippen LogP contribution < -0.4 is 10.2 Å². The van der Waals surface area contributed by atoms with Gasteiger partial charge >= 0.3 is 0 Å². The molecule has 0 heterocycles. The van der Waals surface area contributed by atoms with Crippen LogP contribution in [0.5, 0.6) is 0 Å². The molecule has 0 bridgehead atoms. The molecule has 0 saturated heterocycles. The van der Waals surface area contributed by atoms with Gasteiger partial charge in [-0.15, -0.1) is 0 Å². The number of carbonyl (C=O) groups is 1. The van der Waals surface area contributed by atoms with E-state index in [0.29, 0.717) is 26.2 Å². The fraction of sp³-hybridized carbons (Fsp3) is 0.471. The third-order valence-electron chi connectivity index (χ3n) is 3.01. The first-order chi connectivity index (χ1) is 9.99. The molecule has 0 saturated carbocycles. The molecule has 0 unspecified atom stereocenters. The second-order valence-electron chi connectivity index (χ2n) is 5.42. The summed E-state index contributed by atoms with van der Waals surface area (Å²) < 4.78 is 5.32. The number of rotatable bonds is 9. The number of anilines is 1. The molecule has 4 nitrogen and oxygen atoms in total. The number of hydrogen-bond donors (Lipinski definition) is 1. The van der Waals surface area contributed by atoms with Gasteiger partial charge in [0.1, 0.15) is 0 Å². The Morgan fingerprint density at radius 1 is 1.29 bits per heavy atom. The van der Waals surface area contributed by atoms with E-state index in [9.17, 15) is 4.79 Å². The predicted octanol–water partition coefficient (Wildman–Crippen LogP) is 2.39. The Labute approximate surface area is 127 Å². The predicted molar refractivity (Wildman–Crippen MR) is 87.7 cm³/mol. The van der Waals surface area contributed by atoms with Gasteiger partial charge in [-0.1, -0.05) is 24.3 Å². The summed E-state index contributed by atoms with van der Waals surface area (Å²) in [5.41, 5.74) is 3.33. The largest absolute Gasteiger partial charge is 0.378 e. The summed E-state index contributed by atoms with van der Waals surface area (Å²) in [7, 11) is 4.02. The summed E-state index contributed by atoms with van der Waals surface area (Å²) in [4.78, 5) is 13.8. The number of amides is 1. The summed E-state index contributed by atoms with van der Waals surface area (Å²) in [6.45, 7) is 7.29. The molecular weight excluding hydrogens is 264 g/mol. The zero-order chi connectivity index (χ0) is 15.7. The lowest BCUT2D eigenvalue weighted by Crippen LogP contribution is -2.27. The standard InChI is InChI=1S/C17H26N2O2/c1-14(2)13-21-12-11-18-17(20)10-7-15-5-8-16(9-6-15)19(3)4/h5-6,8-9H,1,7,10-13H2,2-4H3,(H,18,20). The molecular formula is C17H26N2O2. The molecule has 0 aliphatic carbocycles. The highest BCUT2D eigenvalue weighted by atomic mass is 16.5. The van der Waals surface area contributed by atoms with Crippen LogP contribution in [-0.2, 0) is 16.0 Å². The van der Waals surface area contributed by atoms with E-state index in [1.807, 2.05) is 21.0 Å². The van der Waals surface area contributed by atoms with Crippen LogP contribution in [0.3, 0.4) is 0 Å². The highest BCUT2D eigenvalue weighted by Crippen LogP contribution is 2.13. The third kappa shape index (κ3) is 7.51. The molecule has 0 aromatic heterocycles. The summed E-state index contributed by atoms with van der Waals surface area (Å²) >= 11 is 0. The van der Waals surface area contributed by atoms with E-state index < -0.39 is 0 Å². The van der Waals surface area contributed by atoms with Gasteiger partial charge in [-0.05, 0) is 31.0 Å². The van der Waals surface area contributed by atoms with Crippen molar-refractivity contribution in [2.45, 2.75) is 19.8 Å². The third-order valence-corrected chi connectivity index (χ3v) is 3.01. The molecule has 0 atom stereocenters. The topological polar surface area (TPSA) is 41.6 Å². The van der Waals surface area contributed by atoms with E-state index in [2.05, 4.69) is 41.1 Å². The highest BCUT2D eigenvalue weighted by molar-refractivity contribution is 5.76. The van der Waals surface area contributed by atoms with Crippen LogP contribution in [-0.4, -0.2) is 39.8 Å². The van der Waals surface area contributed by atoms with Crippen molar-refractivity contribution in [3.05, 3.63) is 42.0 Å². The van der Waals surface area contributed by atoms with Gasteiger partial charge in [0.15, 0.2) is 0 Å². The van der Waals surface area contributed by atoms with Gasteiger partial charge in [0.05, 0.1) is 13.2 Å². The van der Waals surface area contributed by atoms with Crippen LogP contribution in [0.1, 0.15) is 18.9 Å². The fourth-order valence-electron chi connectivity index (χ4n) is 1.82. The lowest BCUT2D eigenvalue weighted by atomic mass is 10.1. The summed E-state index contributed by atoms with van der Waals surface area (Å²) in [6, 6.07) is 8.27. The van der Waals surface area contributed by atoms with Gasteiger partial charge in [-0.2, -0.15) is 0 Å². The minimum Gasteiger partial charge on any atom is -0.378 e. The summed E-state index contributed by atoms with van der Waals surface area (Å²) in [5.74, 6) is 0.0608. The first-order valence-corrected chi connectivity index (χ1v) is 7.24. The minimum absolute atomic E-state index is 0.0608. The van der Waals surface area contributed by atoms with E-state index in [0.717, 1.165) is 17.7 Å². The fourth-order valence-corrected chi connectivity index (χ4v) is 1.82. The maximum absolute atomic E-state index is 11.7.